The number of morpholine rings is 1. The fraction of sp³-hybridized carbons (Fsp3) is 0.462. The number of ether oxygens (including phenoxy) is 2. The molecule has 1 saturated heterocycles. The van der Waals surface area contributed by atoms with Gasteiger partial charge in [-0.1, -0.05) is 6.07 Å². The first-order valence-electron chi connectivity index (χ1n) is 6.41. The van der Waals surface area contributed by atoms with Gasteiger partial charge in [-0.15, -0.1) is 0 Å². The van der Waals surface area contributed by atoms with Gasteiger partial charge in [0, 0.05) is 19.2 Å². The molecule has 116 valence electrons. The number of benzene rings is 1. The van der Waals surface area contributed by atoms with E-state index in [-0.39, 0.29) is 31.0 Å². The van der Waals surface area contributed by atoms with E-state index in [1.165, 1.54) is 23.5 Å². The molecule has 1 N–H and O–H groups in total. The van der Waals surface area contributed by atoms with Gasteiger partial charge in [0.15, 0.2) is 0 Å². The van der Waals surface area contributed by atoms with E-state index in [4.69, 9.17) is 14.6 Å². The van der Waals surface area contributed by atoms with Gasteiger partial charge in [0.2, 0.25) is 10.0 Å². The minimum Gasteiger partial charge on any atom is -0.497 e. The Hall–Kier alpha value is -1.64. The van der Waals surface area contributed by atoms with Crippen molar-refractivity contribution >= 4 is 16.0 Å². The molecular formula is C13H17NO6S. The van der Waals surface area contributed by atoms with E-state index >= 15 is 0 Å². The van der Waals surface area contributed by atoms with Crippen molar-refractivity contribution in [1.82, 2.24) is 4.31 Å². The number of rotatable bonds is 5. The van der Waals surface area contributed by atoms with E-state index in [0.717, 1.165) is 0 Å². The zero-order chi connectivity index (χ0) is 15.5. The fourth-order valence-electron chi connectivity index (χ4n) is 2.14. The second-order valence-corrected chi connectivity index (χ2v) is 6.57. The van der Waals surface area contributed by atoms with Gasteiger partial charge in [-0.2, -0.15) is 4.31 Å². The number of carbonyl (C=O) groups is 1. The molecule has 1 heterocycles. The van der Waals surface area contributed by atoms with Crippen LogP contribution in [0.25, 0.3) is 0 Å². The van der Waals surface area contributed by atoms with Crippen molar-refractivity contribution in [1.29, 1.82) is 0 Å². The predicted octanol–water partition coefficient (Wildman–Crippen LogP) is 0.559. The van der Waals surface area contributed by atoms with Crippen molar-refractivity contribution in [3.05, 3.63) is 24.3 Å². The summed E-state index contributed by atoms with van der Waals surface area (Å²) in [6.07, 6.45) is -0.846. The number of carboxylic acids is 1. The summed E-state index contributed by atoms with van der Waals surface area (Å²) in [6.45, 7) is 0.419. The van der Waals surface area contributed by atoms with Crippen LogP contribution in [0.5, 0.6) is 5.75 Å². The molecule has 0 bridgehead atoms. The molecule has 0 aliphatic carbocycles. The summed E-state index contributed by atoms with van der Waals surface area (Å²) >= 11 is 0. The van der Waals surface area contributed by atoms with Crippen LogP contribution in [0.15, 0.2) is 29.2 Å². The Morgan fingerprint density at radius 2 is 2.29 bits per heavy atom. The Bertz CT molecular complexity index is 615. The quantitative estimate of drug-likeness (QED) is 0.853. The Kier molecular flexibility index (Phi) is 4.81. The highest BCUT2D eigenvalue weighted by molar-refractivity contribution is 7.89. The largest absolute Gasteiger partial charge is 0.497 e. The lowest BCUT2D eigenvalue weighted by molar-refractivity contribution is -0.141. The van der Waals surface area contributed by atoms with Crippen LogP contribution in [0.1, 0.15) is 6.42 Å². The summed E-state index contributed by atoms with van der Waals surface area (Å²) in [7, 11) is -2.22. The van der Waals surface area contributed by atoms with Crippen LogP contribution in [0.2, 0.25) is 0 Å². The zero-order valence-electron chi connectivity index (χ0n) is 11.6. The van der Waals surface area contributed by atoms with Crippen molar-refractivity contribution in [2.75, 3.05) is 26.8 Å². The Balaban J connectivity index is 2.20. The molecule has 7 nitrogen and oxygen atoms in total. The zero-order valence-corrected chi connectivity index (χ0v) is 12.4. The first-order valence-corrected chi connectivity index (χ1v) is 7.85. The number of carboxylic acid groups (broad SMARTS) is 1. The van der Waals surface area contributed by atoms with E-state index in [0.29, 0.717) is 5.75 Å². The molecule has 0 aromatic heterocycles. The van der Waals surface area contributed by atoms with E-state index in [2.05, 4.69) is 0 Å². The summed E-state index contributed by atoms with van der Waals surface area (Å²) in [5.41, 5.74) is 0. The van der Waals surface area contributed by atoms with Crippen LogP contribution < -0.4 is 4.74 Å². The normalized spacial score (nSPS) is 20.1. The van der Waals surface area contributed by atoms with Crippen LogP contribution in [0.3, 0.4) is 0 Å². The number of methoxy groups -OCH3 is 1. The first-order chi connectivity index (χ1) is 9.93. The number of aliphatic carboxylic acids is 1. The van der Waals surface area contributed by atoms with E-state index in [1.54, 1.807) is 12.1 Å². The van der Waals surface area contributed by atoms with Gasteiger partial charge in [-0.25, -0.2) is 8.42 Å². The molecule has 2 rings (SSSR count). The molecule has 1 unspecified atom stereocenters. The highest BCUT2D eigenvalue weighted by Gasteiger charge is 2.31. The van der Waals surface area contributed by atoms with Crippen molar-refractivity contribution in [3.8, 4) is 5.75 Å². The second-order valence-electron chi connectivity index (χ2n) is 4.63. The third-order valence-corrected chi connectivity index (χ3v) is 5.04. The standard InChI is InChI=1S/C13H17NO6S/c1-19-10-3-2-4-12(7-10)21(17,18)14-5-6-20-11(9-14)8-13(15)16/h2-4,7,11H,5-6,8-9H2,1H3,(H,15,16). The lowest BCUT2D eigenvalue weighted by Crippen LogP contribution is -2.46. The Morgan fingerprint density at radius 3 is 2.95 bits per heavy atom. The van der Waals surface area contributed by atoms with Crippen molar-refractivity contribution in [2.45, 2.75) is 17.4 Å². The van der Waals surface area contributed by atoms with E-state index in [1.807, 2.05) is 0 Å². The molecule has 0 saturated carbocycles. The topological polar surface area (TPSA) is 93.1 Å². The van der Waals surface area contributed by atoms with Gasteiger partial charge in [-0.3, -0.25) is 4.79 Å². The maximum atomic E-state index is 12.6. The van der Waals surface area contributed by atoms with Crippen molar-refractivity contribution in [3.63, 3.8) is 0 Å². The summed E-state index contributed by atoms with van der Waals surface area (Å²) < 4.78 is 36.7. The molecule has 1 aromatic rings. The number of hydrogen-bond donors (Lipinski definition) is 1. The van der Waals surface area contributed by atoms with Crippen LogP contribution in [0, 0.1) is 0 Å². The van der Waals surface area contributed by atoms with Gasteiger partial charge in [0.1, 0.15) is 5.75 Å². The van der Waals surface area contributed by atoms with Gasteiger partial charge in [0.05, 0.1) is 31.1 Å². The van der Waals surface area contributed by atoms with Crippen molar-refractivity contribution in [2.24, 2.45) is 0 Å². The third-order valence-electron chi connectivity index (χ3n) is 3.18. The molecule has 1 aliphatic rings. The maximum Gasteiger partial charge on any atom is 0.306 e. The predicted molar refractivity (Wildman–Crippen MR) is 73.7 cm³/mol. The third kappa shape index (κ3) is 3.72. The minimum absolute atomic E-state index is 0.0336. The smallest absolute Gasteiger partial charge is 0.306 e. The fourth-order valence-corrected chi connectivity index (χ4v) is 3.63. The Labute approximate surface area is 123 Å². The number of hydrogen-bond acceptors (Lipinski definition) is 5. The molecule has 1 aliphatic heterocycles. The average Bonchev–Trinajstić information content (AvgIpc) is 2.47. The molecule has 0 radical (unpaired) electrons. The maximum absolute atomic E-state index is 12.6. The molecule has 1 fully saturated rings. The lowest BCUT2D eigenvalue weighted by Gasteiger charge is -2.31. The van der Waals surface area contributed by atoms with Gasteiger partial charge < -0.3 is 14.6 Å². The van der Waals surface area contributed by atoms with Crippen LogP contribution >= 0.6 is 0 Å². The highest BCUT2D eigenvalue weighted by Crippen LogP contribution is 2.23. The summed E-state index contributed by atoms with van der Waals surface area (Å²) in [6, 6.07) is 6.18. The summed E-state index contributed by atoms with van der Waals surface area (Å²) in [5, 5.41) is 8.78. The summed E-state index contributed by atoms with van der Waals surface area (Å²) in [4.78, 5) is 10.8. The lowest BCUT2D eigenvalue weighted by atomic mass is 10.2. The molecule has 8 heteroatoms. The molecule has 21 heavy (non-hydrogen) atoms. The monoisotopic (exact) mass is 315 g/mol. The SMILES string of the molecule is COc1cccc(S(=O)(=O)N2CCOC(CC(=O)O)C2)c1. The van der Waals surface area contributed by atoms with Gasteiger partial charge in [-0.05, 0) is 12.1 Å². The molecule has 1 atom stereocenters. The van der Waals surface area contributed by atoms with E-state index < -0.39 is 22.1 Å². The summed E-state index contributed by atoms with van der Waals surface area (Å²) in [5.74, 6) is -0.563. The van der Waals surface area contributed by atoms with Gasteiger partial charge >= 0.3 is 5.97 Å². The van der Waals surface area contributed by atoms with Gasteiger partial charge in [0.25, 0.3) is 0 Å². The van der Waals surface area contributed by atoms with E-state index in [9.17, 15) is 13.2 Å². The van der Waals surface area contributed by atoms with Crippen molar-refractivity contribution < 1.29 is 27.8 Å². The highest BCUT2D eigenvalue weighted by atomic mass is 32.2. The molecule has 1 aromatic carbocycles. The Morgan fingerprint density at radius 1 is 1.52 bits per heavy atom. The van der Waals surface area contributed by atoms with Crippen LogP contribution in [-0.2, 0) is 19.6 Å². The average molecular weight is 315 g/mol. The minimum atomic E-state index is -3.68. The number of nitrogens with zero attached hydrogens (tertiary/aromatic N) is 1. The first kappa shape index (κ1) is 15.7. The molecule has 0 amide bonds. The van der Waals surface area contributed by atoms with Crippen LogP contribution in [-0.4, -0.2) is 56.7 Å². The number of sulfonamides is 1. The molecular weight excluding hydrogens is 298 g/mol. The second kappa shape index (κ2) is 6.42. The van der Waals surface area contributed by atoms with Crippen LogP contribution in [0.4, 0.5) is 0 Å². The molecule has 0 spiro atoms.